The normalized spacial score (nSPS) is 21.1. The van der Waals surface area contributed by atoms with E-state index in [-0.39, 0.29) is 22.8 Å². The zero-order chi connectivity index (χ0) is 29.3. The number of piperidine rings is 1. The van der Waals surface area contributed by atoms with Crippen molar-refractivity contribution in [1.29, 1.82) is 0 Å². The van der Waals surface area contributed by atoms with Gasteiger partial charge in [0.25, 0.3) is 5.56 Å². The molecule has 42 heavy (non-hydrogen) atoms. The van der Waals surface area contributed by atoms with Gasteiger partial charge < -0.3 is 23.9 Å². The van der Waals surface area contributed by atoms with Gasteiger partial charge in [0.05, 0.1) is 11.6 Å². The van der Waals surface area contributed by atoms with Crippen molar-refractivity contribution in [3.63, 3.8) is 0 Å². The Bertz CT molecular complexity index is 1650. The molecule has 0 aliphatic carbocycles. The fourth-order valence-electron chi connectivity index (χ4n) is 6.37. The topological polar surface area (TPSA) is 105 Å². The highest BCUT2D eigenvalue weighted by Crippen LogP contribution is 2.39. The number of pyridine rings is 1. The molecule has 222 valence electrons. The first-order valence-electron chi connectivity index (χ1n) is 15.0. The maximum atomic E-state index is 13.0. The van der Waals surface area contributed by atoms with E-state index in [1.54, 1.807) is 6.07 Å². The summed E-state index contributed by atoms with van der Waals surface area (Å²) in [5.74, 6) is 1.88. The first kappa shape index (κ1) is 28.7. The van der Waals surface area contributed by atoms with E-state index >= 15 is 0 Å². The lowest BCUT2D eigenvalue weighted by molar-refractivity contribution is -0.134. The molecule has 9 nitrogen and oxygen atoms in total. The second-order valence-corrected chi connectivity index (χ2v) is 12.3. The number of carbonyl (C=O) groups excluding carboxylic acids is 1. The fraction of sp³-hybridized carbons (Fsp3) is 0.500. The van der Waals surface area contributed by atoms with Crippen LogP contribution >= 0.6 is 11.6 Å². The number of rotatable bonds is 9. The number of benzene rings is 1. The molecule has 5 heterocycles. The Morgan fingerprint density at radius 3 is 2.81 bits per heavy atom. The van der Waals surface area contributed by atoms with Crippen molar-refractivity contribution in [1.82, 2.24) is 19.9 Å². The molecule has 2 aliphatic rings. The number of H-pyrrole nitrogens is 1. The van der Waals surface area contributed by atoms with Crippen LogP contribution in [0.2, 0.25) is 5.02 Å². The minimum Gasteiger partial charge on any atom is -0.450 e. The van der Waals surface area contributed by atoms with E-state index < -0.39 is 0 Å². The van der Waals surface area contributed by atoms with E-state index in [1.807, 2.05) is 29.2 Å². The third kappa shape index (κ3) is 5.64. The third-order valence-electron chi connectivity index (χ3n) is 9.12. The number of ether oxygens (including phenoxy) is 1. The Morgan fingerprint density at radius 2 is 2.00 bits per heavy atom. The number of aromatic amines is 1. The highest BCUT2D eigenvalue weighted by Gasteiger charge is 2.40. The molecule has 1 aromatic carbocycles. The van der Waals surface area contributed by atoms with Crippen molar-refractivity contribution in [3.8, 4) is 0 Å². The smallest absolute Gasteiger partial charge is 0.251 e. The molecule has 2 fully saturated rings. The Morgan fingerprint density at radius 1 is 1.19 bits per heavy atom. The molecule has 4 aromatic rings. The van der Waals surface area contributed by atoms with Gasteiger partial charge in [-0.2, -0.15) is 0 Å². The van der Waals surface area contributed by atoms with Crippen LogP contribution in [0.15, 0.2) is 45.7 Å². The number of anilines is 1. The van der Waals surface area contributed by atoms with Gasteiger partial charge >= 0.3 is 0 Å². The first-order chi connectivity index (χ1) is 20.3. The van der Waals surface area contributed by atoms with Gasteiger partial charge in [0, 0.05) is 68.2 Å². The van der Waals surface area contributed by atoms with E-state index in [0.717, 1.165) is 66.1 Å². The second kappa shape index (κ2) is 12.1. The molecule has 0 bridgehead atoms. The zero-order valence-electron chi connectivity index (χ0n) is 24.3. The third-order valence-corrected chi connectivity index (χ3v) is 9.34. The highest BCUT2D eigenvalue weighted by atomic mass is 35.5. The number of likely N-dealkylation sites (tertiary alicyclic amines) is 1. The lowest BCUT2D eigenvalue weighted by Gasteiger charge is -2.44. The van der Waals surface area contributed by atoms with Crippen LogP contribution in [0.4, 0.5) is 5.82 Å². The number of halogens is 1. The summed E-state index contributed by atoms with van der Waals surface area (Å²) in [6, 6.07) is 9.75. The minimum absolute atomic E-state index is 0.110. The van der Waals surface area contributed by atoms with Crippen molar-refractivity contribution in [2.75, 3.05) is 44.3 Å². The molecule has 1 amide bonds. The lowest BCUT2D eigenvalue weighted by Crippen LogP contribution is -2.51. The second-order valence-electron chi connectivity index (χ2n) is 11.9. The molecule has 2 atom stereocenters. The summed E-state index contributed by atoms with van der Waals surface area (Å²) in [6.45, 7) is 8.37. The van der Waals surface area contributed by atoms with Crippen LogP contribution in [0.3, 0.4) is 0 Å². The van der Waals surface area contributed by atoms with Gasteiger partial charge in [-0.15, -0.1) is 0 Å². The zero-order valence-corrected chi connectivity index (χ0v) is 25.1. The molecule has 10 heteroatoms. The van der Waals surface area contributed by atoms with Crippen LogP contribution in [0.25, 0.3) is 22.1 Å². The first-order valence-corrected chi connectivity index (χ1v) is 15.4. The van der Waals surface area contributed by atoms with E-state index in [0.29, 0.717) is 56.2 Å². The van der Waals surface area contributed by atoms with Gasteiger partial charge in [0.1, 0.15) is 16.9 Å². The number of nitrogens with one attached hydrogen (secondary N) is 1. The molecule has 2 aliphatic heterocycles. The number of hydrogen-bond acceptors (Lipinski definition) is 7. The molecule has 2 saturated heterocycles. The maximum Gasteiger partial charge on any atom is 0.251 e. The van der Waals surface area contributed by atoms with Crippen molar-refractivity contribution < 1.29 is 13.9 Å². The standard InChI is InChI=1S/C32H38ClN5O4/c1-21-20-38(15-12-32(21,2)24-18-22(33)19-34-31(24)40)27(39)10-7-16-41-17-11-26-35-28-23-8-3-4-9-25(23)42-29(28)30(36-26)37-13-5-6-14-37/h3-4,8-9,18-19,21H,5-7,10-17,20H2,1-2H3,(H,34,40)/t21?,32-/m0/s1. The average Bonchev–Trinajstić information content (AvgIpc) is 3.66. The minimum atomic E-state index is -0.332. The molecular formula is C32H38ClN5O4. The van der Waals surface area contributed by atoms with Crippen molar-refractivity contribution >= 4 is 45.4 Å². The van der Waals surface area contributed by atoms with Gasteiger partial charge in [-0.3, -0.25) is 9.59 Å². The highest BCUT2D eigenvalue weighted by molar-refractivity contribution is 6.30. The molecule has 3 aromatic heterocycles. The van der Waals surface area contributed by atoms with Gasteiger partial charge in [-0.05, 0) is 49.8 Å². The van der Waals surface area contributed by atoms with Gasteiger partial charge in [-0.1, -0.05) is 37.6 Å². The number of amides is 1. The molecule has 6 rings (SSSR count). The van der Waals surface area contributed by atoms with Crippen molar-refractivity contribution in [2.24, 2.45) is 5.92 Å². The molecule has 0 spiro atoms. The fourth-order valence-corrected chi connectivity index (χ4v) is 6.53. The Hall–Kier alpha value is -3.43. The quantitative estimate of drug-likeness (QED) is 0.257. The maximum absolute atomic E-state index is 13.0. The number of carbonyl (C=O) groups is 1. The summed E-state index contributed by atoms with van der Waals surface area (Å²) in [6.07, 6.45) is 6.22. The lowest BCUT2D eigenvalue weighted by atomic mass is 9.68. The number of aromatic nitrogens is 3. The van der Waals surface area contributed by atoms with E-state index in [9.17, 15) is 9.59 Å². The molecular weight excluding hydrogens is 554 g/mol. The number of nitrogens with zero attached hydrogens (tertiary/aromatic N) is 4. The predicted octanol–water partition coefficient (Wildman–Crippen LogP) is 5.48. The van der Waals surface area contributed by atoms with E-state index in [2.05, 4.69) is 23.7 Å². The van der Waals surface area contributed by atoms with Crippen molar-refractivity contribution in [2.45, 2.75) is 57.8 Å². The molecule has 0 saturated carbocycles. The van der Waals surface area contributed by atoms with Gasteiger partial charge in [-0.25, -0.2) is 9.97 Å². The summed E-state index contributed by atoms with van der Waals surface area (Å²) in [4.78, 5) is 42.2. The number of hydrogen-bond donors (Lipinski definition) is 1. The summed E-state index contributed by atoms with van der Waals surface area (Å²) < 4.78 is 12.1. The van der Waals surface area contributed by atoms with Crippen molar-refractivity contribution in [3.05, 3.63) is 63.3 Å². The van der Waals surface area contributed by atoms with Gasteiger partial charge in [0.2, 0.25) is 5.91 Å². The number of furan rings is 1. The van der Waals surface area contributed by atoms with E-state index in [4.69, 9.17) is 30.7 Å². The van der Waals surface area contributed by atoms with Crippen LogP contribution in [0.1, 0.15) is 57.3 Å². The van der Waals surface area contributed by atoms with Crippen LogP contribution in [0, 0.1) is 5.92 Å². The Labute approximate surface area is 250 Å². The summed E-state index contributed by atoms with van der Waals surface area (Å²) in [5, 5.41) is 1.52. The molecule has 1 N–H and O–H groups in total. The summed E-state index contributed by atoms with van der Waals surface area (Å²) in [5.41, 5.74) is 2.69. The number of fused-ring (bicyclic) bond motifs is 3. The van der Waals surface area contributed by atoms with Crippen LogP contribution in [-0.4, -0.2) is 65.2 Å². The molecule has 0 radical (unpaired) electrons. The summed E-state index contributed by atoms with van der Waals surface area (Å²) >= 11 is 6.17. The predicted molar refractivity (Wildman–Crippen MR) is 164 cm³/mol. The SMILES string of the molecule is CC1CN(C(=O)CCCOCCc2nc(N3CCCC3)c3oc4ccccc4c3n2)CC[C@]1(C)c1cc(Cl)c[nH]c1=O. The largest absolute Gasteiger partial charge is 0.450 e. The average molecular weight is 592 g/mol. The van der Waals surface area contributed by atoms with Gasteiger partial charge in [0.15, 0.2) is 11.4 Å². The summed E-state index contributed by atoms with van der Waals surface area (Å²) in [7, 11) is 0. The number of para-hydroxylation sites is 1. The Kier molecular flexibility index (Phi) is 8.23. The monoisotopic (exact) mass is 591 g/mol. The molecule has 1 unspecified atom stereocenters. The van der Waals surface area contributed by atoms with Crippen LogP contribution in [-0.2, 0) is 21.4 Å². The van der Waals surface area contributed by atoms with Crippen LogP contribution < -0.4 is 10.5 Å². The van der Waals surface area contributed by atoms with Crippen LogP contribution in [0.5, 0.6) is 0 Å². The Balaban J connectivity index is 1.01. The van der Waals surface area contributed by atoms with E-state index in [1.165, 1.54) is 6.20 Å².